The standard InChI is InChI=1S/C11H19NO4/c1-7(2)11(8(3)13)12(4)9(14)5-6-10(15)16/h7,11H,5-6H2,1-4H3,(H,15,16)/t11-/m0/s1. The molecule has 0 aliphatic heterocycles. The Hall–Kier alpha value is -1.39. The number of Topliss-reactive ketones (excluding diaryl/α,β-unsaturated/α-hetero) is 1. The lowest BCUT2D eigenvalue weighted by molar-refractivity contribution is -0.143. The minimum atomic E-state index is -1.01. The maximum absolute atomic E-state index is 11.6. The zero-order valence-electron chi connectivity index (χ0n) is 10.2. The van der Waals surface area contributed by atoms with Crippen LogP contribution >= 0.6 is 0 Å². The molecule has 1 atom stereocenters. The summed E-state index contributed by atoms with van der Waals surface area (Å²) >= 11 is 0. The number of likely N-dealkylation sites (N-methyl/N-ethyl adjacent to an activating group) is 1. The minimum absolute atomic E-state index is 0.0243. The first-order valence-electron chi connectivity index (χ1n) is 5.25. The van der Waals surface area contributed by atoms with Crippen LogP contribution in [0.4, 0.5) is 0 Å². The van der Waals surface area contributed by atoms with Gasteiger partial charge >= 0.3 is 5.97 Å². The van der Waals surface area contributed by atoms with Crippen molar-refractivity contribution in [3.8, 4) is 0 Å². The lowest BCUT2D eigenvalue weighted by Gasteiger charge is -2.29. The van der Waals surface area contributed by atoms with Crippen molar-refractivity contribution in [3.63, 3.8) is 0 Å². The first kappa shape index (κ1) is 14.6. The molecule has 0 aliphatic carbocycles. The molecule has 0 saturated carbocycles. The van der Waals surface area contributed by atoms with Gasteiger partial charge in [-0.25, -0.2) is 0 Å². The molecule has 0 radical (unpaired) electrons. The topological polar surface area (TPSA) is 74.7 Å². The van der Waals surface area contributed by atoms with Gasteiger partial charge in [0.1, 0.15) is 0 Å². The molecule has 0 aromatic heterocycles. The van der Waals surface area contributed by atoms with Gasteiger partial charge in [-0.05, 0) is 12.8 Å². The normalized spacial score (nSPS) is 12.3. The molecule has 0 bridgehead atoms. The Balaban J connectivity index is 4.49. The number of hydrogen-bond donors (Lipinski definition) is 1. The number of carboxylic acid groups (broad SMARTS) is 1. The van der Waals surface area contributed by atoms with E-state index in [4.69, 9.17) is 5.11 Å². The Kier molecular flexibility index (Phi) is 5.71. The molecule has 0 aromatic carbocycles. The van der Waals surface area contributed by atoms with Gasteiger partial charge in [0, 0.05) is 13.5 Å². The molecule has 0 saturated heterocycles. The smallest absolute Gasteiger partial charge is 0.303 e. The number of nitrogens with zero attached hydrogens (tertiary/aromatic N) is 1. The molecule has 92 valence electrons. The molecular weight excluding hydrogens is 210 g/mol. The fraction of sp³-hybridized carbons (Fsp3) is 0.727. The number of rotatable bonds is 6. The number of aliphatic carboxylic acids is 1. The third kappa shape index (κ3) is 4.42. The Morgan fingerprint density at radius 3 is 2.00 bits per heavy atom. The van der Waals surface area contributed by atoms with Crippen LogP contribution in [-0.4, -0.2) is 40.8 Å². The van der Waals surface area contributed by atoms with Crippen molar-refractivity contribution in [3.05, 3.63) is 0 Å². The van der Waals surface area contributed by atoms with Crippen LogP contribution in [0.15, 0.2) is 0 Å². The van der Waals surface area contributed by atoms with Crippen molar-refractivity contribution < 1.29 is 19.5 Å². The summed E-state index contributed by atoms with van der Waals surface area (Å²) in [6.45, 7) is 5.14. The van der Waals surface area contributed by atoms with Crippen LogP contribution in [-0.2, 0) is 14.4 Å². The van der Waals surface area contributed by atoms with Gasteiger partial charge in [-0.15, -0.1) is 0 Å². The summed E-state index contributed by atoms with van der Waals surface area (Å²) < 4.78 is 0. The van der Waals surface area contributed by atoms with E-state index in [9.17, 15) is 14.4 Å². The third-order valence-electron chi connectivity index (χ3n) is 2.41. The highest BCUT2D eigenvalue weighted by Gasteiger charge is 2.26. The highest BCUT2D eigenvalue weighted by Crippen LogP contribution is 2.12. The Labute approximate surface area is 95.4 Å². The number of ketones is 1. The molecule has 0 heterocycles. The van der Waals surface area contributed by atoms with E-state index in [0.29, 0.717) is 0 Å². The summed E-state index contributed by atoms with van der Waals surface area (Å²) in [5.41, 5.74) is 0. The van der Waals surface area contributed by atoms with Crippen LogP contribution in [0.2, 0.25) is 0 Å². The maximum Gasteiger partial charge on any atom is 0.303 e. The minimum Gasteiger partial charge on any atom is -0.481 e. The lowest BCUT2D eigenvalue weighted by Crippen LogP contribution is -2.44. The van der Waals surface area contributed by atoms with Gasteiger partial charge in [-0.3, -0.25) is 14.4 Å². The van der Waals surface area contributed by atoms with Crippen molar-refractivity contribution in [2.75, 3.05) is 7.05 Å². The molecule has 1 amide bonds. The van der Waals surface area contributed by atoms with E-state index in [-0.39, 0.29) is 30.4 Å². The molecular formula is C11H19NO4. The first-order chi connectivity index (χ1) is 7.27. The molecule has 5 heteroatoms. The Morgan fingerprint density at radius 2 is 1.69 bits per heavy atom. The van der Waals surface area contributed by atoms with Gasteiger partial charge in [0.05, 0.1) is 12.5 Å². The number of carbonyl (C=O) groups is 3. The van der Waals surface area contributed by atoms with Crippen LogP contribution in [0.25, 0.3) is 0 Å². The van der Waals surface area contributed by atoms with Gasteiger partial charge in [-0.1, -0.05) is 13.8 Å². The highest BCUT2D eigenvalue weighted by atomic mass is 16.4. The van der Waals surface area contributed by atoms with E-state index in [1.54, 1.807) is 0 Å². The summed E-state index contributed by atoms with van der Waals surface area (Å²) in [7, 11) is 1.54. The lowest BCUT2D eigenvalue weighted by atomic mass is 9.99. The predicted octanol–water partition coefficient (Wildman–Crippen LogP) is 0.923. The molecule has 0 aromatic rings. The Bertz CT molecular complexity index is 286. The molecule has 0 rings (SSSR count). The number of hydrogen-bond acceptors (Lipinski definition) is 3. The maximum atomic E-state index is 11.6. The third-order valence-corrected chi connectivity index (χ3v) is 2.41. The average Bonchev–Trinajstić information content (AvgIpc) is 2.12. The van der Waals surface area contributed by atoms with E-state index in [0.717, 1.165) is 0 Å². The summed E-state index contributed by atoms with van der Waals surface area (Å²) in [6.07, 6.45) is -0.270. The molecule has 5 nitrogen and oxygen atoms in total. The largest absolute Gasteiger partial charge is 0.481 e. The first-order valence-corrected chi connectivity index (χ1v) is 5.25. The van der Waals surface area contributed by atoms with Crippen molar-refractivity contribution in [2.45, 2.75) is 39.7 Å². The highest BCUT2D eigenvalue weighted by molar-refractivity contribution is 5.88. The van der Waals surface area contributed by atoms with Gasteiger partial charge in [0.25, 0.3) is 0 Å². The number of carbonyl (C=O) groups excluding carboxylic acids is 2. The second kappa shape index (κ2) is 6.25. The predicted molar refractivity (Wildman–Crippen MR) is 58.9 cm³/mol. The molecule has 0 aliphatic rings. The molecule has 16 heavy (non-hydrogen) atoms. The van der Waals surface area contributed by atoms with Crippen LogP contribution in [0.5, 0.6) is 0 Å². The number of amides is 1. The zero-order valence-corrected chi connectivity index (χ0v) is 10.2. The van der Waals surface area contributed by atoms with E-state index >= 15 is 0 Å². The van der Waals surface area contributed by atoms with Crippen molar-refractivity contribution in [2.24, 2.45) is 5.92 Å². The van der Waals surface area contributed by atoms with Crippen molar-refractivity contribution in [1.29, 1.82) is 0 Å². The van der Waals surface area contributed by atoms with Gasteiger partial charge in [0.15, 0.2) is 5.78 Å². The van der Waals surface area contributed by atoms with E-state index in [1.165, 1.54) is 18.9 Å². The molecule has 0 unspecified atom stereocenters. The van der Waals surface area contributed by atoms with Crippen LogP contribution in [0.3, 0.4) is 0 Å². The van der Waals surface area contributed by atoms with E-state index in [2.05, 4.69) is 0 Å². The zero-order chi connectivity index (χ0) is 12.9. The van der Waals surface area contributed by atoms with Gasteiger partial charge in [-0.2, -0.15) is 0 Å². The fourth-order valence-electron chi connectivity index (χ4n) is 1.73. The molecule has 0 fully saturated rings. The summed E-state index contributed by atoms with van der Waals surface area (Å²) in [5, 5.41) is 8.46. The summed E-state index contributed by atoms with van der Waals surface area (Å²) in [6, 6.07) is -0.471. The van der Waals surface area contributed by atoms with Crippen molar-refractivity contribution in [1.82, 2.24) is 4.90 Å². The summed E-state index contributed by atoms with van der Waals surface area (Å²) in [5.74, 6) is -1.38. The quantitative estimate of drug-likeness (QED) is 0.735. The Morgan fingerprint density at radius 1 is 1.19 bits per heavy atom. The van der Waals surface area contributed by atoms with Crippen LogP contribution < -0.4 is 0 Å². The average molecular weight is 229 g/mol. The molecule has 1 N–H and O–H groups in total. The number of carboxylic acids is 1. The van der Waals surface area contributed by atoms with Crippen LogP contribution in [0, 0.1) is 5.92 Å². The second-order valence-corrected chi connectivity index (χ2v) is 4.20. The van der Waals surface area contributed by atoms with Crippen LogP contribution in [0.1, 0.15) is 33.6 Å². The SMILES string of the molecule is CC(=O)[C@H](C(C)C)N(C)C(=O)CCC(=O)O. The molecule has 0 spiro atoms. The van der Waals surface area contributed by atoms with E-state index < -0.39 is 12.0 Å². The van der Waals surface area contributed by atoms with Gasteiger partial charge < -0.3 is 10.0 Å². The second-order valence-electron chi connectivity index (χ2n) is 4.20. The van der Waals surface area contributed by atoms with Crippen molar-refractivity contribution >= 4 is 17.7 Å². The van der Waals surface area contributed by atoms with E-state index in [1.807, 2.05) is 13.8 Å². The summed E-state index contributed by atoms with van der Waals surface area (Å²) in [4.78, 5) is 34.6. The van der Waals surface area contributed by atoms with Gasteiger partial charge in [0.2, 0.25) is 5.91 Å². The fourth-order valence-corrected chi connectivity index (χ4v) is 1.73. The monoisotopic (exact) mass is 229 g/mol.